The highest BCUT2D eigenvalue weighted by atomic mass is 19.1. The Morgan fingerprint density at radius 1 is 1.19 bits per heavy atom. The van der Waals surface area contributed by atoms with Crippen LogP contribution < -0.4 is 15.5 Å². The number of carbonyl (C=O) groups excluding carboxylic acids is 1. The van der Waals surface area contributed by atoms with E-state index in [9.17, 15) is 14.3 Å². The predicted octanol–water partition coefficient (Wildman–Crippen LogP) is 4.02. The van der Waals surface area contributed by atoms with Gasteiger partial charge >= 0.3 is 0 Å². The van der Waals surface area contributed by atoms with Gasteiger partial charge in [-0.25, -0.2) is 9.37 Å². The van der Waals surface area contributed by atoms with Crippen molar-refractivity contribution in [3.05, 3.63) is 60.5 Å². The van der Waals surface area contributed by atoms with Gasteiger partial charge in [0.25, 0.3) is 0 Å². The summed E-state index contributed by atoms with van der Waals surface area (Å²) in [5.74, 6) is 0.0294. The highest BCUT2D eigenvalue weighted by Crippen LogP contribution is 2.39. The van der Waals surface area contributed by atoms with Crippen molar-refractivity contribution in [1.82, 2.24) is 10.3 Å². The number of piperazine rings is 1. The zero-order valence-corrected chi connectivity index (χ0v) is 17.5. The van der Waals surface area contributed by atoms with Crippen LogP contribution in [0.5, 0.6) is 5.75 Å². The Bertz CT molecular complexity index is 1120. The van der Waals surface area contributed by atoms with Crippen LogP contribution in [-0.4, -0.2) is 41.7 Å². The molecule has 2 aromatic carbocycles. The van der Waals surface area contributed by atoms with Gasteiger partial charge in [0, 0.05) is 49.9 Å². The lowest BCUT2D eigenvalue weighted by Crippen LogP contribution is -2.49. The second-order valence-electron chi connectivity index (χ2n) is 7.78. The number of pyridine rings is 1. The lowest BCUT2D eigenvalue weighted by molar-refractivity contribution is -0.114. The first-order valence-electron chi connectivity index (χ1n) is 10.3. The number of carbonyl (C=O) groups is 1. The molecule has 1 saturated heterocycles. The fourth-order valence-electron chi connectivity index (χ4n) is 3.88. The Kier molecular flexibility index (Phi) is 5.86. The summed E-state index contributed by atoms with van der Waals surface area (Å²) >= 11 is 0. The predicted molar refractivity (Wildman–Crippen MR) is 121 cm³/mol. The maximum absolute atomic E-state index is 14.4. The van der Waals surface area contributed by atoms with Gasteiger partial charge in [0.15, 0.2) is 0 Å². The highest BCUT2D eigenvalue weighted by molar-refractivity contribution is 5.89. The molecule has 4 rings (SSSR count). The monoisotopic (exact) mass is 420 g/mol. The van der Waals surface area contributed by atoms with Crippen molar-refractivity contribution >= 4 is 17.4 Å². The molecule has 160 valence electrons. The minimum absolute atomic E-state index is 0.0694. The molecule has 1 atom stereocenters. The van der Waals surface area contributed by atoms with Crippen LogP contribution in [0.2, 0.25) is 0 Å². The molecule has 0 radical (unpaired) electrons. The Morgan fingerprint density at radius 2 is 1.94 bits per heavy atom. The summed E-state index contributed by atoms with van der Waals surface area (Å²) in [7, 11) is 0. The second-order valence-corrected chi connectivity index (χ2v) is 7.78. The quantitative estimate of drug-likeness (QED) is 0.594. The van der Waals surface area contributed by atoms with Crippen LogP contribution in [0, 0.1) is 5.82 Å². The third-order valence-corrected chi connectivity index (χ3v) is 5.38. The number of aromatic hydroxyl groups is 1. The van der Waals surface area contributed by atoms with Gasteiger partial charge in [0.1, 0.15) is 17.4 Å². The van der Waals surface area contributed by atoms with Crippen molar-refractivity contribution in [2.75, 3.05) is 29.9 Å². The van der Waals surface area contributed by atoms with Gasteiger partial charge in [-0.15, -0.1) is 0 Å². The third-order valence-electron chi connectivity index (χ3n) is 5.38. The van der Waals surface area contributed by atoms with Gasteiger partial charge in [0.2, 0.25) is 5.91 Å². The first kappa shape index (κ1) is 20.8. The topological polar surface area (TPSA) is 77.5 Å². The standard InChI is InChI=1S/C24H25FN4O2/c1-15-14-29(11-10-26-15)23-13-18(8-9-27-23)20-5-3-4-19(24(20)31)17-6-7-22(21(25)12-17)28-16(2)30/h3-9,12-13,15,26,31H,10-11,14H2,1-2H3,(H,28,30)/t15-/m1/s1. The average Bonchev–Trinajstić information content (AvgIpc) is 2.75. The van der Waals surface area contributed by atoms with Crippen molar-refractivity contribution in [1.29, 1.82) is 0 Å². The van der Waals surface area contributed by atoms with Crippen molar-refractivity contribution < 1.29 is 14.3 Å². The number of benzene rings is 2. The lowest BCUT2D eigenvalue weighted by atomic mass is 9.97. The van der Waals surface area contributed by atoms with Gasteiger partial charge in [-0.2, -0.15) is 0 Å². The Balaban J connectivity index is 1.68. The van der Waals surface area contributed by atoms with Gasteiger partial charge in [-0.05, 0) is 42.3 Å². The molecule has 1 aliphatic rings. The number of rotatable bonds is 4. The number of para-hydroxylation sites is 1. The number of nitrogens with one attached hydrogen (secondary N) is 2. The van der Waals surface area contributed by atoms with E-state index in [-0.39, 0.29) is 17.3 Å². The molecule has 1 aromatic heterocycles. The third kappa shape index (κ3) is 4.51. The summed E-state index contributed by atoms with van der Waals surface area (Å²) < 4.78 is 14.4. The molecular weight excluding hydrogens is 395 g/mol. The minimum Gasteiger partial charge on any atom is -0.507 e. The normalized spacial score (nSPS) is 16.2. The number of aromatic nitrogens is 1. The van der Waals surface area contributed by atoms with Gasteiger partial charge in [-0.3, -0.25) is 4.79 Å². The summed E-state index contributed by atoms with van der Waals surface area (Å²) in [6.45, 7) is 6.09. The number of nitrogens with zero attached hydrogens (tertiary/aromatic N) is 2. The van der Waals surface area contributed by atoms with Crippen LogP contribution in [0.4, 0.5) is 15.9 Å². The summed E-state index contributed by atoms with van der Waals surface area (Å²) in [5.41, 5.74) is 2.63. The van der Waals surface area contributed by atoms with Crippen molar-refractivity contribution in [3.63, 3.8) is 0 Å². The van der Waals surface area contributed by atoms with Crippen molar-refractivity contribution in [2.24, 2.45) is 0 Å². The second kappa shape index (κ2) is 8.73. The van der Waals surface area contributed by atoms with Gasteiger partial charge in [0.05, 0.1) is 5.69 Å². The van der Waals surface area contributed by atoms with E-state index in [1.807, 2.05) is 24.3 Å². The molecular formula is C24H25FN4O2. The SMILES string of the molecule is CC(=O)Nc1ccc(-c2cccc(-c3ccnc(N4CCN[C@H](C)C4)c3)c2O)cc1F. The highest BCUT2D eigenvalue weighted by Gasteiger charge is 2.18. The molecule has 0 unspecified atom stereocenters. The molecule has 2 heterocycles. The minimum atomic E-state index is -0.559. The number of phenols is 1. The van der Waals surface area contributed by atoms with E-state index in [2.05, 4.69) is 27.4 Å². The first-order chi connectivity index (χ1) is 14.9. The molecule has 6 nitrogen and oxygen atoms in total. The molecule has 31 heavy (non-hydrogen) atoms. The van der Waals surface area contributed by atoms with E-state index in [1.54, 1.807) is 18.3 Å². The molecule has 0 bridgehead atoms. The number of halogens is 1. The smallest absolute Gasteiger partial charge is 0.221 e. The van der Waals surface area contributed by atoms with Crippen molar-refractivity contribution in [2.45, 2.75) is 19.9 Å². The number of phenolic OH excluding ortho intramolecular Hbond substituents is 1. The zero-order valence-electron chi connectivity index (χ0n) is 17.5. The van der Waals surface area contributed by atoms with Crippen molar-refractivity contribution in [3.8, 4) is 28.0 Å². The van der Waals surface area contributed by atoms with E-state index in [1.165, 1.54) is 19.1 Å². The summed E-state index contributed by atoms with van der Waals surface area (Å²) in [4.78, 5) is 17.9. The fourth-order valence-corrected chi connectivity index (χ4v) is 3.88. The molecule has 0 aliphatic carbocycles. The van der Waals surface area contributed by atoms with Gasteiger partial charge in [-0.1, -0.05) is 24.3 Å². The summed E-state index contributed by atoms with van der Waals surface area (Å²) in [5, 5.41) is 16.9. The lowest BCUT2D eigenvalue weighted by Gasteiger charge is -2.32. The Hall–Kier alpha value is -3.45. The molecule has 3 N–H and O–H groups in total. The zero-order chi connectivity index (χ0) is 22.0. The molecule has 7 heteroatoms. The average molecular weight is 420 g/mol. The molecule has 3 aromatic rings. The fraction of sp³-hybridized carbons (Fsp3) is 0.250. The van der Waals surface area contributed by atoms with Crippen LogP contribution >= 0.6 is 0 Å². The van der Waals surface area contributed by atoms with Crippen LogP contribution in [0.3, 0.4) is 0 Å². The number of hydrogen-bond acceptors (Lipinski definition) is 5. The first-order valence-corrected chi connectivity index (χ1v) is 10.3. The molecule has 0 saturated carbocycles. The van der Waals surface area contributed by atoms with E-state index in [0.29, 0.717) is 22.7 Å². The Morgan fingerprint density at radius 3 is 2.61 bits per heavy atom. The van der Waals surface area contributed by atoms with E-state index >= 15 is 0 Å². The van der Waals surface area contributed by atoms with Crippen LogP contribution in [-0.2, 0) is 4.79 Å². The summed E-state index contributed by atoms with van der Waals surface area (Å²) in [6.07, 6.45) is 1.74. The molecule has 1 amide bonds. The largest absolute Gasteiger partial charge is 0.507 e. The van der Waals surface area contributed by atoms with Crippen LogP contribution in [0.15, 0.2) is 54.7 Å². The van der Waals surface area contributed by atoms with E-state index in [4.69, 9.17) is 0 Å². The van der Waals surface area contributed by atoms with E-state index < -0.39 is 5.82 Å². The maximum Gasteiger partial charge on any atom is 0.221 e. The van der Waals surface area contributed by atoms with Crippen LogP contribution in [0.25, 0.3) is 22.3 Å². The number of amides is 1. The molecule has 0 spiro atoms. The molecule has 1 fully saturated rings. The molecule has 1 aliphatic heterocycles. The van der Waals surface area contributed by atoms with Gasteiger partial charge < -0.3 is 20.6 Å². The maximum atomic E-state index is 14.4. The van der Waals surface area contributed by atoms with E-state index in [0.717, 1.165) is 31.0 Å². The number of anilines is 2. The Labute approximate surface area is 180 Å². The van der Waals surface area contributed by atoms with Crippen LogP contribution in [0.1, 0.15) is 13.8 Å². The summed E-state index contributed by atoms with van der Waals surface area (Å²) in [6, 6.07) is 14.1. The number of hydrogen-bond donors (Lipinski definition) is 3.